The number of ether oxygens (including phenoxy) is 1. The molecular weight excluding hydrogens is 388 g/mol. The Kier molecular flexibility index (Phi) is 6.82. The van der Waals surface area contributed by atoms with Crippen molar-refractivity contribution in [2.24, 2.45) is 5.92 Å². The largest absolute Gasteiger partial charge is 0.495 e. The molecule has 0 bridgehead atoms. The van der Waals surface area contributed by atoms with Gasteiger partial charge in [-0.25, -0.2) is 4.68 Å². The predicted molar refractivity (Wildman–Crippen MR) is 122 cm³/mol. The molecule has 2 heterocycles. The number of anilines is 1. The third-order valence-corrected chi connectivity index (χ3v) is 5.91. The van der Waals surface area contributed by atoms with E-state index in [-0.39, 0.29) is 6.04 Å². The normalized spacial score (nSPS) is 15.9. The Morgan fingerprint density at radius 1 is 0.935 bits per heavy atom. The van der Waals surface area contributed by atoms with E-state index < -0.39 is 0 Å². The molecule has 1 saturated heterocycles. The van der Waals surface area contributed by atoms with Crippen LogP contribution in [0, 0.1) is 5.92 Å². The minimum Gasteiger partial charge on any atom is -0.495 e. The van der Waals surface area contributed by atoms with E-state index in [2.05, 4.69) is 75.6 Å². The van der Waals surface area contributed by atoms with Crippen LogP contribution in [0.5, 0.6) is 5.75 Å². The van der Waals surface area contributed by atoms with Gasteiger partial charge in [-0.05, 0) is 40.5 Å². The van der Waals surface area contributed by atoms with Crippen molar-refractivity contribution in [1.82, 2.24) is 25.1 Å². The van der Waals surface area contributed by atoms with Crippen LogP contribution in [0.4, 0.5) is 5.69 Å². The van der Waals surface area contributed by atoms with Crippen molar-refractivity contribution >= 4 is 5.69 Å². The van der Waals surface area contributed by atoms with Crippen LogP contribution in [-0.4, -0.2) is 58.4 Å². The third-order valence-electron chi connectivity index (χ3n) is 5.91. The van der Waals surface area contributed by atoms with Crippen LogP contribution in [0.15, 0.2) is 54.6 Å². The van der Waals surface area contributed by atoms with E-state index in [9.17, 15) is 0 Å². The second kappa shape index (κ2) is 9.92. The number of nitrogens with zero attached hydrogens (tertiary/aromatic N) is 6. The number of piperazine rings is 1. The smallest absolute Gasteiger partial charge is 0.168 e. The van der Waals surface area contributed by atoms with Crippen molar-refractivity contribution in [3.8, 4) is 5.75 Å². The van der Waals surface area contributed by atoms with Gasteiger partial charge in [0.05, 0.1) is 25.4 Å². The molecule has 1 unspecified atom stereocenters. The van der Waals surface area contributed by atoms with Crippen molar-refractivity contribution in [3.05, 3.63) is 66.0 Å². The molecule has 0 aliphatic carbocycles. The monoisotopic (exact) mass is 420 g/mol. The van der Waals surface area contributed by atoms with E-state index in [0.29, 0.717) is 12.5 Å². The van der Waals surface area contributed by atoms with Crippen LogP contribution < -0.4 is 9.64 Å². The molecule has 0 radical (unpaired) electrons. The van der Waals surface area contributed by atoms with Crippen LogP contribution in [0.1, 0.15) is 37.7 Å². The minimum atomic E-state index is 0.207. The van der Waals surface area contributed by atoms with Gasteiger partial charge in [0.2, 0.25) is 0 Å². The lowest BCUT2D eigenvalue weighted by molar-refractivity contribution is 0.153. The maximum absolute atomic E-state index is 5.57. The average Bonchev–Trinajstić information content (AvgIpc) is 3.26. The van der Waals surface area contributed by atoms with Gasteiger partial charge in [-0.2, -0.15) is 0 Å². The van der Waals surface area contributed by atoms with Crippen molar-refractivity contribution < 1.29 is 4.74 Å². The van der Waals surface area contributed by atoms with E-state index in [0.717, 1.165) is 44.2 Å². The van der Waals surface area contributed by atoms with E-state index in [1.807, 2.05) is 22.9 Å². The van der Waals surface area contributed by atoms with Gasteiger partial charge in [0.1, 0.15) is 5.75 Å². The fourth-order valence-corrected chi connectivity index (χ4v) is 4.35. The average molecular weight is 421 g/mol. The lowest BCUT2D eigenvalue weighted by Gasteiger charge is -2.40. The van der Waals surface area contributed by atoms with Crippen LogP contribution in [0.3, 0.4) is 0 Å². The molecule has 2 aromatic carbocycles. The topological polar surface area (TPSA) is 59.3 Å². The van der Waals surface area contributed by atoms with Crippen LogP contribution in [-0.2, 0) is 6.54 Å². The number of hydrogen-bond donors (Lipinski definition) is 0. The van der Waals surface area contributed by atoms with Crippen molar-refractivity contribution in [2.75, 3.05) is 38.2 Å². The molecule has 7 heteroatoms. The molecule has 164 valence electrons. The van der Waals surface area contributed by atoms with Gasteiger partial charge in [0.25, 0.3) is 0 Å². The van der Waals surface area contributed by atoms with E-state index >= 15 is 0 Å². The highest BCUT2D eigenvalue weighted by atomic mass is 16.5. The fourth-order valence-electron chi connectivity index (χ4n) is 4.35. The van der Waals surface area contributed by atoms with Gasteiger partial charge in [-0.1, -0.05) is 56.3 Å². The molecule has 1 aliphatic rings. The van der Waals surface area contributed by atoms with Gasteiger partial charge in [0, 0.05) is 26.2 Å². The fraction of sp³-hybridized carbons (Fsp3) is 0.458. The summed E-state index contributed by atoms with van der Waals surface area (Å²) in [5.41, 5.74) is 2.37. The van der Waals surface area contributed by atoms with E-state index in [1.54, 1.807) is 7.11 Å². The van der Waals surface area contributed by atoms with Crippen LogP contribution in [0.2, 0.25) is 0 Å². The second-order valence-corrected chi connectivity index (χ2v) is 8.52. The Balaban J connectivity index is 1.50. The number of methoxy groups -OCH3 is 1. The minimum absolute atomic E-state index is 0.207. The van der Waals surface area contributed by atoms with E-state index in [4.69, 9.17) is 4.74 Å². The second-order valence-electron chi connectivity index (χ2n) is 8.52. The number of tetrazole rings is 1. The summed E-state index contributed by atoms with van der Waals surface area (Å²) in [5.74, 6) is 2.45. The van der Waals surface area contributed by atoms with Gasteiger partial charge >= 0.3 is 0 Å². The molecule has 0 saturated carbocycles. The molecule has 1 aromatic heterocycles. The number of hydrogen-bond acceptors (Lipinski definition) is 6. The number of benzene rings is 2. The molecule has 0 N–H and O–H groups in total. The SMILES string of the molecule is COc1ccccc1N1CCN(C(CC(C)C)c2nnnn2Cc2ccccc2)CC1. The molecule has 0 amide bonds. The zero-order chi connectivity index (χ0) is 21.6. The summed E-state index contributed by atoms with van der Waals surface area (Å²) < 4.78 is 7.54. The number of rotatable bonds is 8. The summed E-state index contributed by atoms with van der Waals surface area (Å²) >= 11 is 0. The maximum atomic E-state index is 5.57. The highest BCUT2D eigenvalue weighted by Crippen LogP contribution is 2.32. The lowest BCUT2D eigenvalue weighted by Crippen LogP contribution is -2.48. The number of para-hydroxylation sites is 2. The first kappa shape index (κ1) is 21.3. The highest BCUT2D eigenvalue weighted by molar-refractivity contribution is 5.58. The Hall–Kier alpha value is -2.93. The van der Waals surface area contributed by atoms with Gasteiger partial charge < -0.3 is 9.64 Å². The van der Waals surface area contributed by atoms with Crippen LogP contribution >= 0.6 is 0 Å². The predicted octanol–water partition coefficient (Wildman–Crippen LogP) is 3.64. The van der Waals surface area contributed by atoms with Gasteiger partial charge in [0.15, 0.2) is 5.82 Å². The Labute approximate surface area is 184 Å². The lowest BCUT2D eigenvalue weighted by atomic mass is 10.0. The first-order valence-electron chi connectivity index (χ1n) is 11.1. The molecular formula is C24H32N6O. The quantitative estimate of drug-likeness (QED) is 0.555. The Bertz CT molecular complexity index is 949. The molecule has 1 fully saturated rings. The van der Waals surface area contributed by atoms with Crippen molar-refractivity contribution in [1.29, 1.82) is 0 Å². The van der Waals surface area contributed by atoms with Gasteiger partial charge in [-0.15, -0.1) is 5.10 Å². The van der Waals surface area contributed by atoms with Crippen molar-refractivity contribution in [2.45, 2.75) is 32.9 Å². The maximum Gasteiger partial charge on any atom is 0.168 e. The number of aromatic nitrogens is 4. The summed E-state index contributed by atoms with van der Waals surface area (Å²) in [4.78, 5) is 4.95. The molecule has 1 atom stereocenters. The zero-order valence-electron chi connectivity index (χ0n) is 18.7. The Morgan fingerprint density at radius 3 is 2.35 bits per heavy atom. The molecule has 0 spiro atoms. The first-order chi connectivity index (χ1) is 15.2. The standard InChI is InChI=1S/C24H32N6O/c1-19(2)17-22(24-25-26-27-30(24)18-20-9-5-4-6-10-20)29-15-13-28(14-16-29)21-11-7-8-12-23(21)31-3/h4-12,19,22H,13-18H2,1-3H3. The van der Waals surface area contributed by atoms with Gasteiger partial charge in [-0.3, -0.25) is 4.90 Å². The summed E-state index contributed by atoms with van der Waals surface area (Å²) in [7, 11) is 1.74. The van der Waals surface area contributed by atoms with Crippen LogP contribution in [0.25, 0.3) is 0 Å². The third kappa shape index (κ3) is 5.05. The molecule has 4 rings (SSSR count). The zero-order valence-corrected chi connectivity index (χ0v) is 18.7. The molecule has 3 aromatic rings. The summed E-state index contributed by atoms with van der Waals surface area (Å²) in [6, 6.07) is 18.9. The summed E-state index contributed by atoms with van der Waals surface area (Å²) in [6.07, 6.45) is 1.03. The summed E-state index contributed by atoms with van der Waals surface area (Å²) in [6.45, 7) is 9.07. The molecule has 7 nitrogen and oxygen atoms in total. The highest BCUT2D eigenvalue weighted by Gasteiger charge is 2.30. The van der Waals surface area contributed by atoms with E-state index in [1.165, 1.54) is 11.3 Å². The van der Waals surface area contributed by atoms with Crippen molar-refractivity contribution in [3.63, 3.8) is 0 Å². The summed E-state index contributed by atoms with van der Waals surface area (Å²) in [5, 5.41) is 12.8. The Morgan fingerprint density at radius 2 is 1.65 bits per heavy atom. The molecule has 31 heavy (non-hydrogen) atoms. The molecule has 1 aliphatic heterocycles. The first-order valence-corrected chi connectivity index (χ1v) is 11.1.